The zero-order valence-corrected chi connectivity index (χ0v) is 12.8. The maximum absolute atomic E-state index is 13.3. The number of hydrogen-bond acceptors (Lipinski definition) is 2. The van der Waals surface area contributed by atoms with E-state index in [-0.39, 0.29) is 16.0 Å². The van der Waals surface area contributed by atoms with Crippen LogP contribution in [0.2, 0.25) is 10.0 Å². The summed E-state index contributed by atoms with van der Waals surface area (Å²) in [6.07, 6.45) is 3.27. The van der Waals surface area contributed by atoms with Crippen LogP contribution in [0.5, 0.6) is 0 Å². The molecule has 0 saturated carbocycles. The highest BCUT2D eigenvalue weighted by molar-refractivity contribution is 6.35. The third-order valence-electron chi connectivity index (χ3n) is 3.41. The number of benzene rings is 1. The van der Waals surface area contributed by atoms with Gasteiger partial charge < -0.3 is 10.2 Å². The molecule has 1 N–H and O–H groups in total. The fourth-order valence-corrected chi connectivity index (χ4v) is 2.83. The standard InChI is InChI=1S/C14H17Cl2FN2O/c1-9(14(20)19-5-3-2-4-6-19)18-10-7-11(15)13(17)12(16)8-10/h7-9,18H,2-6H2,1H3. The van der Waals surface area contributed by atoms with Gasteiger partial charge in [-0.05, 0) is 38.3 Å². The first-order valence-corrected chi connectivity index (χ1v) is 7.44. The molecule has 20 heavy (non-hydrogen) atoms. The zero-order chi connectivity index (χ0) is 14.7. The minimum absolute atomic E-state index is 0.0428. The number of halogens is 3. The number of carbonyl (C=O) groups excluding carboxylic acids is 1. The third-order valence-corrected chi connectivity index (χ3v) is 3.96. The lowest BCUT2D eigenvalue weighted by Crippen LogP contribution is -2.43. The summed E-state index contributed by atoms with van der Waals surface area (Å²) in [5.74, 6) is -0.602. The number of rotatable bonds is 3. The van der Waals surface area contributed by atoms with Crippen molar-refractivity contribution in [1.82, 2.24) is 4.90 Å². The largest absolute Gasteiger partial charge is 0.374 e. The molecule has 3 nitrogen and oxygen atoms in total. The number of amides is 1. The van der Waals surface area contributed by atoms with Crippen molar-refractivity contribution in [1.29, 1.82) is 0 Å². The Morgan fingerprint density at radius 3 is 2.35 bits per heavy atom. The third kappa shape index (κ3) is 3.55. The van der Waals surface area contributed by atoms with Crippen LogP contribution in [-0.2, 0) is 4.79 Å². The predicted molar refractivity (Wildman–Crippen MR) is 79.9 cm³/mol. The zero-order valence-electron chi connectivity index (χ0n) is 11.3. The first-order valence-electron chi connectivity index (χ1n) is 6.69. The van der Waals surface area contributed by atoms with Crippen molar-refractivity contribution < 1.29 is 9.18 Å². The van der Waals surface area contributed by atoms with Crippen molar-refractivity contribution in [2.45, 2.75) is 32.2 Å². The highest BCUT2D eigenvalue weighted by Gasteiger charge is 2.22. The van der Waals surface area contributed by atoms with E-state index >= 15 is 0 Å². The summed E-state index contributed by atoms with van der Waals surface area (Å²) in [6.45, 7) is 3.38. The molecule has 1 fully saturated rings. The van der Waals surface area contributed by atoms with Gasteiger partial charge in [-0.2, -0.15) is 0 Å². The molecule has 1 amide bonds. The molecule has 0 radical (unpaired) electrons. The maximum Gasteiger partial charge on any atom is 0.244 e. The fourth-order valence-electron chi connectivity index (χ4n) is 2.34. The maximum atomic E-state index is 13.3. The number of hydrogen-bond donors (Lipinski definition) is 1. The van der Waals surface area contributed by atoms with Crippen LogP contribution in [0.15, 0.2) is 12.1 Å². The van der Waals surface area contributed by atoms with Crippen molar-refractivity contribution in [2.75, 3.05) is 18.4 Å². The lowest BCUT2D eigenvalue weighted by atomic mass is 10.1. The van der Waals surface area contributed by atoms with Gasteiger partial charge in [0.1, 0.15) is 6.04 Å². The first kappa shape index (κ1) is 15.4. The van der Waals surface area contributed by atoms with E-state index in [0.29, 0.717) is 5.69 Å². The lowest BCUT2D eigenvalue weighted by Gasteiger charge is -2.29. The van der Waals surface area contributed by atoms with Crippen molar-refractivity contribution in [3.8, 4) is 0 Å². The molecular weight excluding hydrogens is 302 g/mol. The van der Waals surface area contributed by atoms with E-state index in [1.54, 1.807) is 6.92 Å². The summed E-state index contributed by atoms with van der Waals surface area (Å²) < 4.78 is 13.3. The average Bonchev–Trinajstić information content (AvgIpc) is 2.44. The molecule has 1 aromatic rings. The Bertz CT molecular complexity index is 481. The molecule has 0 aromatic heterocycles. The monoisotopic (exact) mass is 318 g/mol. The Balaban J connectivity index is 2.03. The Labute approximate surface area is 128 Å². The molecule has 6 heteroatoms. The van der Waals surface area contributed by atoms with Crippen molar-refractivity contribution in [3.63, 3.8) is 0 Å². The van der Waals surface area contributed by atoms with Crippen LogP contribution in [0.3, 0.4) is 0 Å². The second-order valence-corrected chi connectivity index (χ2v) is 5.82. The smallest absolute Gasteiger partial charge is 0.244 e. The van der Waals surface area contributed by atoms with Gasteiger partial charge in [0.05, 0.1) is 10.0 Å². The molecule has 0 bridgehead atoms. The van der Waals surface area contributed by atoms with Gasteiger partial charge in [0.15, 0.2) is 5.82 Å². The van der Waals surface area contributed by atoms with Crippen molar-refractivity contribution in [3.05, 3.63) is 28.0 Å². The summed E-state index contributed by atoms with van der Waals surface area (Å²) in [5, 5.41) is 2.91. The molecule has 1 unspecified atom stereocenters. The average molecular weight is 319 g/mol. The molecular formula is C14H17Cl2FN2O. The Morgan fingerprint density at radius 1 is 1.25 bits per heavy atom. The summed E-state index contributed by atoms with van der Waals surface area (Å²) in [6, 6.07) is 2.47. The van der Waals surface area contributed by atoms with Crippen LogP contribution in [0.4, 0.5) is 10.1 Å². The van der Waals surface area contributed by atoms with E-state index in [2.05, 4.69) is 5.32 Å². The van der Waals surface area contributed by atoms with Crippen LogP contribution >= 0.6 is 23.2 Å². The molecule has 1 aliphatic heterocycles. The number of nitrogens with zero attached hydrogens (tertiary/aromatic N) is 1. The Morgan fingerprint density at radius 2 is 1.80 bits per heavy atom. The van der Waals surface area contributed by atoms with Gasteiger partial charge in [0.25, 0.3) is 0 Å². The number of carbonyl (C=O) groups is 1. The molecule has 1 heterocycles. The minimum atomic E-state index is -0.645. The number of piperidine rings is 1. The van der Waals surface area contributed by atoms with Gasteiger partial charge in [-0.1, -0.05) is 23.2 Å². The van der Waals surface area contributed by atoms with Crippen molar-refractivity contribution in [2.24, 2.45) is 0 Å². The normalized spacial score (nSPS) is 16.9. The van der Waals surface area contributed by atoms with Gasteiger partial charge >= 0.3 is 0 Å². The molecule has 2 rings (SSSR count). The highest BCUT2D eigenvalue weighted by Crippen LogP contribution is 2.27. The molecule has 0 spiro atoms. The SMILES string of the molecule is CC(Nc1cc(Cl)c(F)c(Cl)c1)C(=O)N1CCCCC1. The number of anilines is 1. The van der Waals surface area contributed by atoms with Gasteiger partial charge in [-0.3, -0.25) is 4.79 Å². The summed E-state index contributed by atoms with van der Waals surface area (Å²) in [7, 11) is 0. The number of likely N-dealkylation sites (tertiary alicyclic amines) is 1. The first-order chi connectivity index (χ1) is 9.49. The van der Waals surface area contributed by atoms with E-state index in [0.717, 1.165) is 25.9 Å². The molecule has 1 atom stereocenters. The predicted octanol–water partition coefficient (Wildman–Crippen LogP) is 3.95. The van der Waals surface area contributed by atoms with E-state index in [4.69, 9.17) is 23.2 Å². The summed E-state index contributed by atoms with van der Waals surface area (Å²) in [5.41, 5.74) is 0.541. The van der Waals surface area contributed by atoms with Gasteiger partial charge in [0.2, 0.25) is 5.91 Å². The van der Waals surface area contributed by atoms with E-state index < -0.39 is 11.9 Å². The summed E-state index contributed by atoms with van der Waals surface area (Å²) >= 11 is 11.5. The topological polar surface area (TPSA) is 32.3 Å². The quantitative estimate of drug-likeness (QED) is 0.856. The van der Waals surface area contributed by atoms with Gasteiger partial charge in [-0.15, -0.1) is 0 Å². The lowest BCUT2D eigenvalue weighted by molar-refractivity contribution is -0.132. The number of nitrogens with one attached hydrogen (secondary N) is 1. The van der Waals surface area contributed by atoms with E-state index in [1.165, 1.54) is 18.6 Å². The second kappa shape index (κ2) is 6.64. The Kier molecular flexibility index (Phi) is 5.11. The van der Waals surface area contributed by atoms with Crippen LogP contribution in [0.25, 0.3) is 0 Å². The summed E-state index contributed by atoms with van der Waals surface area (Å²) in [4.78, 5) is 14.1. The van der Waals surface area contributed by atoms with Gasteiger partial charge in [-0.25, -0.2) is 4.39 Å². The molecule has 1 saturated heterocycles. The molecule has 0 aliphatic carbocycles. The molecule has 1 aromatic carbocycles. The van der Waals surface area contributed by atoms with Crippen molar-refractivity contribution >= 4 is 34.8 Å². The molecule has 110 valence electrons. The minimum Gasteiger partial charge on any atom is -0.374 e. The van der Waals surface area contributed by atoms with Crippen LogP contribution in [0.1, 0.15) is 26.2 Å². The fraction of sp³-hybridized carbons (Fsp3) is 0.500. The van der Waals surface area contributed by atoms with Crippen LogP contribution < -0.4 is 5.32 Å². The highest BCUT2D eigenvalue weighted by atomic mass is 35.5. The van der Waals surface area contributed by atoms with E-state index in [1.807, 2.05) is 4.90 Å². The Hall–Kier alpha value is -1.00. The van der Waals surface area contributed by atoms with Crippen LogP contribution in [0, 0.1) is 5.82 Å². The van der Waals surface area contributed by atoms with Gasteiger partial charge in [0, 0.05) is 18.8 Å². The van der Waals surface area contributed by atoms with Crippen LogP contribution in [-0.4, -0.2) is 29.9 Å². The van der Waals surface area contributed by atoms with E-state index in [9.17, 15) is 9.18 Å². The molecule has 1 aliphatic rings. The second-order valence-electron chi connectivity index (χ2n) is 5.01.